The molecule has 1 N–H and O–H groups in total. The molecule has 104 valence electrons. The Morgan fingerprint density at radius 3 is 2.45 bits per heavy atom. The number of amides is 4. The van der Waals surface area contributed by atoms with Crippen LogP contribution in [0.5, 0.6) is 0 Å². The van der Waals surface area contributed by atoms with Crippen molar-refractivity contribution in [2.24, 2.45) is 0 Å². The Balaban J connectivity index is 2.34. The van der Waals surface area contributed by atoms with Crippen LogP contribution in [0.3, 0.4) is 0 Å². The molecule has 1 unspecified atom stereocenters. The fourth-order valence-electron chi connectivity index (χ4n) is 1.98. The Morgan fingerprint density at radius 1 is 1.30 bits per heavy atom. The van der Waals surface area contributed by atoms with Gasteiger partial charge in [0.2, 0.25) is 11.8 Å². The molecule has 20 heavy (non-hydrogen) atoms. The molecule has 1 heterocycles. The van der Waals surface area contributed by atoms with Crippen LogP contribution < -0.4 is 5.32 Å². The molecule has 5 nitrogen and oxygen atoms in total. The summed E-state index contributed by atoms with van der Waals surface area (Å²) in [7, 11) is 0. The molecule has 4 amide bonds. The maximum Gasteiger partial charge on any atom is 0.331 e. The van der Waals surface area contributed by atoms with E-state index in [1.807, 2.05) is 0 Å². The largest absolute Gasteiger partial charge is 0.331 e. The summed E-state index contributed by atoms with van der Waals surface area (Å²) in [4.78, 5) is 36.9. The summed E-state index contributed by atoms with van der Waals surface area (Å²) in [5, 5.41) is 2.69. The number of halogens is 1. The summed E-state index contributed by atoms with van der Waals surface area (Å²) in [6.45, 7) is 5.46. The van der Waals surface area contributed by atoms with Crippen molar-refractivity contribution >= 4 is 29.4 Å². The average molecular weight is 293 g/mol. The number of nitrogens with zero attached hydrogens (tertiary/aromatic N) is 1. The van der Waals surface area contributed by atoms with Crippen molar-refractivity contribution < 1.29 is 14.4 Å². The Labute approximate surface area is 121 Å². The van der Waals surface area contributed by atoms with Crippen LogP contribution in [0.2, 0.25) is 5.02 Å². The van der Waals surface area contributed by atoms with Crippen molar-refractivity contribution in [1.29, 1.82) is 0 Å². The van der Waals surface area contributed by atoms with Crippen LogP contribution in [0.1, 0.15) is 18.4 Å². The molecule has 0 radical (unpaired) electrons. The highest BCUT2D eigenvalue weighted by molar-refractivity contribution is 6.30. The first kappa shape index (κ1) is 14.3. The van der Waals surface area contributed by atoms with Gasteiger partial charge in [-0.1, -0.05) is 35.9 Å². The van der Waals surface area contributed by atoms with E-state index in [1.165, 1.54) is 0 Å². The summed E-state index contributed by atoms with van der Waals surface area (Å²) in [6, 6.07) is 5.67. The zero-order chi connectivity index (χ0) is 14.9. The Morgan fingerprint density at radius 2 is 1.90 bits per heavy atom. The molecule has 0 spiro atoms. The first-order valence-corrected chi connectivity index (χ1v) is 6.34. The molecule has 2 rings (SSSR count). The second kappa shape index (κ2) is 5.46. The molecule has 0 saturated carbocycles. The van der Waals surface area contributed by atoms with Gasteiger partial charge in [-0.15, -0.1) is 0 Å². The summed E-state index contributed by atoms with van der Waals surface area (Å²) in [5.74, 6) is -2.21. The fraction of sp³-hybridized carbons (Fsp3) is 0.214. The topological polar surface area (TPSA) is 66.5 Å². The number of carbonyl (C=O) groups is 3. The SMILES string of the molecule is C=C(C)CN1C(=O)NC(=O)C(c2ccc(Cl)cc2)C1=O. The summed E-state index contributed by atoms with van der Waals surface area (Å²) < 4.78 is 0. The zero-order valence-corrected chi connectivity index (χ0v) is 11.6. The standard InChI is InChI=1S/C14H13ClN2O3/c1-8(2)7-17-13(19)11(12(18)16-14(17)20)9-3-5-10(15)6-4-9/h3-6,11H,1,7H2,2H3,(H,16,18,20). The average Bonchev–Trinajstić information content (AvgIpc) is 2.36. The number of urea groups is 1. The maximum atomic E-state index is 12.3. The third-order valence-corrected chi connectivity index (χ3v) is 3.13. The van der Waals surface area contributed by atoms with Gasteiger partial charge in [-0.3, -0.25) is 19.8 Å². The molecule has 0 aromatic heterocycles. The normalized spacial score (nSPS) is 19.0. The molecule has 1 atom stereocenters. The van der Waals surface area contributed by atoms with Crippen molar-refractivity contribution in [1.82, 2.24) is 10.2 Å². The zero-order valence-electron chi connectivity index (χ0n) is 10.9. The second-order valence-electron chi connectivity index (χ2n) is 4.66. The van der Waals surface area contributed by atoms with Gasteiger partial charge in [0.1, 0.15) is 5.92 Å². The minimum atomic E-state index is -1.04. The van der Waals surface area contributed by atoms with Crippen molar-refractivity contribution in [3.63, 3.8) is 0 Å². The van der Waals surface area contributed by atoms with E-state index in [0.29, 0.717) is 16.2 Å². The van der Waals surface area contributed by atoms with E-state index in [0.717, 1.165) is 4.90 Å². The quantitative estimate of drug-likeness (QED) is 0.685. The maximum absolute atomic E-state index is 12.3. The minimum absolute atomic E-state index is 0.0854. The lowest BCUT2D eigenvalue weighted by Crippen LogP contribution is -2.57. The van der Waals surface area contributed by atoms with Gasteiger partial charge in [0.25, 0.3) is 0 Å². The number of hydrogen-bond donors (Lipinski definition) is 1. The van der Waals surface area contributed by atoms with Gasteiger partial charge < -0.3 is 0 Å². The Hall–Kier alpha value is -2.14. The number of hydrogen-bond acceptors (Lipinski definition) is 3. The van der Waals surface area contributed by atoms with Crippen molar-refractivity contribution in [2.75, 3.05) is 6.54 Å². The van der Waals surface area contributed by atoms with Crippen LogP contribution in [0.25, 0.3) is 0 Å². The van der Waals surface area contributed by atoms with E-state index in [4.69, 9.17) is 11.6 Å². The highest BCUT2D eigenvalue weighted by Crippen LogP contribution is 2.24. The van der Waals surface area contributed by atoms with E-state index in [9.17, 15) is 14.4 Å². The summed E-state index contributed by atoms with van der Waals surface area (Å²) in [6.07, 6.45) is 0. The summed E-state index contributed by atoms with van der Waals surface area (Å²) in [5.41, 5.74) is 1.15. The molecule has 0 bridgehead atoms. The lowest BCUT2D eigenvalue weighted by atomic mass is 9.95. The van der Waals surface area contributed by atoms with E-state index >= 15 is 0 Å². The van der Waals surface area contributed by atoms with Gasteiger partial charge in [0.15, 0.2) is 0 Å². The van der Waals surface area contributed by atoms with Gasteiger partial charge >= 0.3 is 6.03 Å². The lowest BCUT2D eigenvalue weighted by molar-refractivity contribution is -0.138. The number of imide groups is 2. The molecule has 1 aromatic rings. The number of nitrogens with one attached hydrogen (secondary N) is 1. The molecule has 1 aliphatic rings. The molecular weight excluding hydrogens is 280 g/mol. The molecular formula is C14H13ClN2O3. The molecule has 0 aliphatic carbocycles. The first-order chi connectivity index (χ1) is 9.40. The molecule has 6 heteroatoms. The van der Waals surface area contributed by atoms with Crippen LogP contribution in [-0.4, -0.2) is 29.3 Å². The molecule has 1 fully saturated rings. The number of benzene rings is 1. The van der Waals surface area contributed by atoms with Crippen molar-refractivity contribution in [2.45, 2.75) is 12.8 Å². The van der Waals surface area contributed by atoms with Crippen LogP contribution in [0.15, 0.2) is 36.4 Å². The van der Waals surface area contributed by atoms with E-state index in [-0.39, 0.29) is 6.54 Å². The number of rotatable bonds is 3. The molecule has 1 aliphatic heterocycles. The predicted octanol–water partition coefficient (Wildman–Crippen LogP) is 2.08. The van der Waals surface area contributed by atoms with E-state index in [2.05, 4.69) is 11.9 Å². The third-order valence-electron chi connectivity index (χ3n) is 2.88. The van der Waals surface area contributed by atoms with E-state index < -0.39 is 23.8 Å². The van der Waals surface area contributed by atoms with Crippen LogP contribution in [0, 0.1) is 0 Å². The predicted molar refractivity (Wildman–Crippen MR) is 74.3 cm³/mol. The minimum Gasteiger partial charge on any atom is -0.277 e. The highest BCUT2D eigenvalue weighted by atomic mass is 35.5. The Bertz CT molecular complexity index is 595. The fourth-order valence-corrected chi connectivity index (χ4v) is 2.11. The van der Waals surface area contributed by atoms with Gasteiger partial charge in [0, 0.05) is 5.02 Å². The van der Waals surface area contributed by atoms with Gasteiger partial charge in [-0.2, -0.15) is 0 Å². The van der Waals surface area contributed by atoms with Crippen molar-refractivity contribution in [3.05, 3.63) is 47.0 Å². The van der Waals surface area contributed by atoms with Crippen LogP contribution in [-0.2, 0) is 9.59 Å². The van der Waals surface area contributed by atoms with Crippen LogP contribution in [0.4, 0.5) is 4.79 Å². The van der Waals surface area contributed by atoms with Crippen LogP contribution >= 0.6 is 11.6 Å². The number of carbonyl (C=O) groups excluding carboxylic acids is 3. The van der Waals surface area contributed by atoms with Gasteiger partial charge in [0.05, 0.1) is 6.54 Å². The van der Waals surface area contributed by atoms with Gasteiger partial charge in [-0.25, -0.2) is 4.79 Å². The molecule has 1 aromatic carbocycles. The second-order valence-corrected chi connectivity index (χ2v) is 5.10. The smallest absolute Gasteiger partial charge is 0.277 e. The number of barbiturate groups is 1. The highest BCUT2D eigenvalue weighted by Gasteiger charge is 2.41. The summed E-state index contributed by atoms with van der Waals surface area (Å²) >= 11 is 5.78. The van der Waals surface area contributed by atoms with Crippen molar-refractivity contribution in [3.8, 4) is 0 Å². The monoisotopic (exact) mass is 292 g/mol. The van der Waals surface area contributed by atoms with E-state index in [1.54, 1.807) is 31.2 Å². The first-order valence-electron chi connectivity index (χ1n) is 5.96. The molecule has 1 saturated heterocycles. The third kappa shape index (κ3) is 2.72. The lowest BCUT2D eigenvalue weighted by Gasteiger charge is -2.30. The Kier molecular flexibility index (Phi) is 3.90. The van der Waals surface area contributed by atoms with Gasteiger partial charge in [-0.05, 0) is 24.6 Å².